The van der Waals surface area contributed by atoms with Crippen molar-refractivity contribution in [2.24, 2.45) is 5.92 Å². The van der Waals surface area contributed by atoms with Crippen molar-refractivity contribution in [2.45, 2.75) is 36.3 Å². The zero-order valence-corrected chi connectivity index (χ0v) is 17.8. The molecule has 6 nitrogen and oxygen atoms in total. The molecule has 31 heavy (non-hydrogen) atoms. The van der Waals surface area contributed by atoms with Gasteiger partial charge in [0.25, 0.3) is 0 Å². The first-order chi connectivity index (χ1) is 14.6. The van der Waals surface area contributed by atoms with Crippen LogP contribution in [0, 0.1) is 11.7 Å². The molecule has 0 aromatic heterocycles. The smallest absolute Gasteiger partial charge is 0.387 e. The number of nitrogens with one attached hydrogen (secondary N) is 1. The molecule has 0 radical (unpaired) electrons. The molecule has 10 heteroatoms. The summed E-state index contributed by atoms with van der Waals surface area (Å²) >= 11 is 0. The van der Waals surface area contributed by atoms with Crippen LogP contribution in [0.4, 0.5) is 13.2 Å². The van der Waals surface area contributed by atoms with E-state index in [-0.39, 0.29) is 28.9 Å². The first-order valence-corrected chi connectivity index (χ1v) is 11.1. The van der Waals surface area contributed by atoms with E-state index >= 15 is 0 Å². The van der Waals surface area contributed by atoms with Crippen molar-refractivity contribution in [3.8, 4) is 5.75 Å². The number of alkyl halides is 2. The molecule has 1 aliphatic carbocycles. The predicted octanol–water partition coefficient (Wildman–Crippen LogP) is 3.36. The fourth-order valence-electron chi connectivity index (χ4n) is 3.90. The van der Waals surface area contributed by atoms with Crippen molar-refractivity contribution in [2.75, 3.05) is 14.1 Å². The van der Waals surface area contributed by atoms with Crippen molar-refractivity contribution in [3.05, 3.63) is 59.9 Å². The van der Waals surface area contributed by atoms with E-state index in [1.165, 1.54) is 29.2 Å². The number of nitrogens with zero attached hydrogens (tertiary/aromatic N) is 1. The molecule has 168 valence electrons. The summed E-state index contributed by atoms with van der Waals surface area (Å²) < 4.78 is 70.3. The minimum atomic E-state index is -3.95. The summed E-state index contributed by atoms with van der Waals surface area (Å²) in [6.07, 6.45) is 0.645. The van der Waals surface area contributed by atoms with E-state index < -0.39 is 34.4 Å². The van der Waals surface area contributed by atoms with Gasteiger partial charge in [0.2, 0.25) is 15.9 Å². The summed E-state index contributed by atoms with van der Waals surface area (Å²) in [4.78, 5) is 14.1. The van der Waals surface area contributed by atoms with Gasteiger partial charge in [0.1, 0.15) is 11.6 Å². The third kappa shape index (κ3) is 5.56. The molecule has 0 saturated heterocycles. The highest BCUT2D eigenvalue weighted by Crippen LogP contribution is 2.41. The van der Waals surface area contributed by atoms with E-state index in [1.54, 1.807) is 26.2 Å². The number of carbonyl (C=O) groups excluding carboxylic acids is 1. The second kappa shape index (κ2) is 9.27. The standard InChI is InChI=1S/C21H23F3N2O4S/c1-26(2)20(27)19-12-15(11-18(19)13-3-5-14(22)6-4-13)25-31(28,29)17-9-7-16(8-10-17)30-21(23)24/h3-10,15,18-19,21,25H,11-12H2,1-2H3/t15-,18+,19-/m0/s1. The molecule has 0 heterocycles. The maximum absolute atomic E-state index is 13.3. The van der Waals surface area contributed by atoms with Gasteiger partial charge in [0.05, 0.1) is 4.90 Å². The normalized spacial score (nSPS) is 21.3. The lowest BCUT2D eigenvalue weighted by Crippen LogP contribution is -2.34. The summed E-state index contributed by atoms with van der Waals surface area (Å²) in [6, 6.07) is 9.96. The van der Waals surface area contributed by atoms with Crippen molar-refractivity contribution >= 4 is 15.9 Å². The average molecular weight is 456 g/mol. The summed E-state index contributed by atoms with van der Waals surface area (Å²) in [5.74, 6) is -1.42. The van der Waals surface area contributed by atoms with Gasteiger partial charge in [0, 0.05) is 26.1 Å². The number of amides is 1. The maximum atomic E-state index is 13.3. The number of rotatable bonds is 7. The van der Waals surface area contributed by atoms with Crippen LogP contribution in [-0.2, 0) is 14.8 Å². The monoisotopic (exact) mass is 456 g/mol. The third-order valence-electron chi connectivity index (χ3n) is 5.30. The molecule has 1 saturated carbocycles. The minimum absolute atomic E-state index is 0.102. The Bertz CT molecular complexity index is 1010. The molecule has 2 aromatic carbocycles. The van der Waals surface area contributed by atoms with E-state index in [9.17, 15) is 26.4 Å². The summed E-state index contributed by atoms with van der Waals surface area (Å²) in [6.45, 7) is -3.01. The number of halogens is 3. The molecule has 3 atom stereocenters. The number of sulfonamides is 1. The lowest BCUT2D eigenvalue weighted by Gasteiger charge is -2.22. The Kier molecular flexibility index (Phi) is 6.90. The quantitative estimate of drug-likeness (QED) is 0.693. The van der Waals surface area contributed by atoms with Crippen molar-refractivity contribution < 1.29 is 31.1 Å². The lowest BCUT2D eigenvalue weighted by molar-refractivity contribution is -0.133. The highest BCUT2D eigenvalue weighted by atomic mass is 32.2. The Hall–Kier alpha value is -2.59. The molecule has 0 bridgehead atoms. The fraction of sp³-hybridized carbons (Fsp3) is 0.381. The van der Waals surface area contributed by atoms with E-state index in [0.717, 1.165) is 17.7 Å². The van der Waals surface area contributed by atoms with Gasteiger partial charge in [-0.15, -0.1) is 0 Å². The van der Waals surface area contributed by atoms with Gasteiger partial charge >= 0.3 is 6.61 Å². The Labute approximate surface area is 179 Å². The van der Waals surface area contributed by atoms with Crippen LogP contribution in [0.2, 0.25) is 0 Å². The highest BCUT2D eigenvalue weighted by Gasteiger charge is 2.41. The maximum Gasteiger partial charge on any atom is 0.387 e. The summed E-state index contributed by atoms with van der Waals surface area (Å²) in [7, 11) is -0.690. The topological polar surface area (TPSA) is 75.7 Å². The minimum Gasteiger partial charge on any atom is -0.435 e. The van der Waals surface area contributed by atoms with Gasteiger partial charge in [0.15, 0.2) is 0 Å². The van der Waals surface area contributed by atoms with Gasteiger partial charge < -0.3 is 9.64 Å². The number of hydrogen-bond donors (Lipinski definition) is 1. The molecule has 2 aromatic rings. The molecular weight excluding hydrogens is 433 g/mol. The molecule has 1 fully saturated rings. The summed E-state index contributed by atoms with van der Waals surface area (Å²) in [5.41, 5.74) is 0.761. The zero-order chi connectivity index (χ0) is 22.8. The van der Waals surface area contributed by atoms with Crippen molar-refractivity contribution in [3.63, 3.8) is 0 Å². The molecule has 1 N–H and O–H groups in total. The lowest BCUT2D eigenvalue weighted by atomic mass is 9.88. The van der Waals surface area contributed by atoms with E-state index in [0.29, 0.717) is 6.42 Å². The highest BCUT2D eigenvalue weighted by molar-refractivity contribution is 7.89. The second-order valence-electron chi connectivity index (χ2n) is 7.64. The van der Waals surface area contributed by atoms with E-state index in [1.807, 2.05) is 0 Å². The Morgan fingerprint density at radius 1 is 1.06 bits per heavy atom. The predicted molar refractivity (Wildman–Crippen MR) is 108 cm³/mol. The van der Waals surface area contributed by atoms with Crippen LogP contribution in [0.3, 0.4) is 0 Å². The third-order valence-corrected chi connectivity index (χ3v) is 6.84. The molecule has 3 rings (SSSR count). The van der Waals surface area contributed by atoms with Crippen LogP contribution in [0.1, 0.15) is 24.3 Å². The van der Waals surface area contributed by atoms with E-state index in [4.69, 9.17) is 0 Å². The van der Waals surface area contributed by atoms with Gasteiger partial charge in [-0.1, -0.05) is 12.1 Å². The van der Waals surface area contributed by atoms with Crippen LogP contribution in [-0.4, -0.2) is 46.0 Å². The molecule has 1 aliphatic rings. The SMILES string of the molecule is CN(C)C(=O)[C@H]1C[C@@H](NS(=O)(=O)c2ccc(OC(F)F)cc2)C[C@@H]1c1ccc(F)cc1. The van der Waals surface area contributed by atoms with Crippen LogP contribution >= 0.6 is 0 Å². The first-order valence-electron chi connectivity index (χ1n) is 9.60. The number of benzene rings is 2. The fourth-order valence-corrected chi connectivity index (χ4v) is 5.17. The number of carbonyl (C=O) groups is 1. The zero-order valence-electron chi connectivity index (χ0n) is 17.0. The van der Waals surface area contributed by atoms with Crippen LogP contribution in [0.5, 0.6) is 5.75 Å². The van der Waals surface area contributed by atoms with Crippen LogP contribution < -0.4 is 9.46 Å². The van der Waals surface area contributed by atoms with E-state index in [2.05, 4.69) is 9.46 Å². The summed E-state index contributed by atoms with van der Waals surface area (Å²) in [5, 5.41) is 0. The Morgan fingerprint density at radius 2 is 1.68 bits per heavy atom. The van der Waals surface area contributed by atoms with Gasteiger partial charge in [-0.2, -0.15) is 8.78 Å². The molecule has 0 aliphatic heterocycles. The number of hydrogen-bond acceptors (Lipinski definition) is 4. The van der Waals surface area contributed by atoms with Crippen LogP contribution in [0.25, 0.3) is 0 Å². The Balaban J connectivity index is 1.79. The van der Waals surface area contributed by atoms with Gasteiger partial charge in [-0.05, 0) is 60.7 Å². The molecule has 0 spiro atoms. The van der Waals surface area contributed by atoms with Gasteiger partial charge in [-0.25, -0.2) is 17.5 Å². The Morgan fingerprint density at radius 3 is 2.23 bits per heavy atom. The largest absolute Gasteiger partial charge is 0.435 e. The molecule has 1 amide bonds. The molecule has 0 unspecified atom stereocenters. The second-order valence-corrected chi connectivity index (χ2v) is 9.35. The molecular formula is C21H23F3N2O4S. The van der Waals surface area contributed by atoms with Crippen LogP contribution in [0.15, 0.2) is 53.4 Å². The van der Waals surface area contributed by atoms with Crippen molar-refractivity contribution in [1.29, 1.82) is 0 Å². The average Bonchev–Trinajstić information content (AvgIpc) is 3.10. The first kappa shape index (κ1) is 23.1. The number of ether oxygens (including phenoxy) is 1. The van der Waals surface area contributed by atoms with Crippen molar-refractivity contribution in [1.82, 2.24) is 9.62 Å². The van der Waals surface area contributed by atoms with Gasteiger partial charge in [-0.3, -0.25) is 4.79 Å².